The van der Waals surface area contributed by atoms with Crippen LogP contribution in [-0.4, -0.2) is 31.4 Å². The topological polar surface area (TPSA) is 80.3 Å². The van der Waals surface area contributed by atoms with Gasteiger partial charge in [-0.05, 0) is 24.3 Å². The lowest BCUT2D eigenvalue weighted by Gasteiger charge is -2.12. The standard InChI is InChI=1S/C16H15ClN4O4/c1-19-13-12(14(22)20(2)16(19)23)21-7-11(25-15(21)18-13)8-24-10-5-3-9(17)4-6-10/h3-6,11H,7-8H2,1-2H3/t11-/m0/s1. The van der Waals surface area contributed by atoms with Crippen molar-refractivity contribution in [1.82, 2.24) is 18.7 Å². The molecular weight excluding hydrogens is 348 g/mol. The molecule has 0 N–H and O–H groups in total. The predicted octanol–water partition coefficient (Wildman–Crippen LogP) is 0.927. The highest BCUT2D eigenvalue weighted by atomic mass is 35.5. The summed E-state index contributed by atoms with van der Waals surface area (Å²) in [6.45, 7) is 0.728. The average molecular weight is 363 g/mol. The fourth-order valence-corrected chi connectivity index (χ4v) is 3.01. The molecule has 0 saturated heterocycles. The highest BCUT2D eigenvalue weighted by Gasteiger charge is 2.30. The van der Waals surface area contributed by atoms with Gasteiger partial charge in [0, 0.05) is 19.1 Å². The monoisotopic (exact) mass is 362 g/mol. The van der Waals surface area contributed by atoms with Crippen LogP contribution in [0.15, 0.2) is 33.9 Å². The minimum Gasteiger partial charge on any atom is -0.490 e. The lowest BCUT2D eigenvalue weighted by Crippen LogP contribution is -2.37. The summed E-state index contributed by atoms with van der Waals surface area (Å²) in [5.41, 5.74) is -0.134. The van der Waals surface area contributed by atoms with Gasteiger partial charge in [-0.15, -0.1) is 0 Å². The van der Waals surface area contributed by atoms with Crippen LogP contribution in [-0.2, 0) is 20.6 Å². The van der Waals surface area contributed by atoms with Crippen LogP contribution in [0.3, 0.4) is 0 Å². The number of imidazole rings is 1. The van der Waals surface area contributed by atoms with Crippen molar-refractivity contribution in [2.24, 2.45) is 14.1 Å². The van der Waals surface area contributed by atoms with E-state index in [0.29, 0.717) is 41.1 Å². The fourth-order valence-electron chi connectivity index (χ4n) is 2.88. The maximum absolute atomic E-state index is 12.4. The number of hydrogen-bond acceptors (Lipinski definition) is 5. The van der Waals surface area contributed by atoms with Gasteiger partial charge in [0.05, 0.1) is 6.54 Å². The number of hydrogen-bond donors (Lipinski definition) is 0. The quantitative estimate of drug-likeness (QED) is 0.692. The van der Waals surface area contributed by atoms with Crippen LogP contribution in [0.25, 0.3) is 11.2 Å². The molecule has 0 aliphatic carbocycles. The van der Waals surface area contributed by atoms with Gasteiger partial charge in [0.15, 0.2) is 17.3 Å². The van der Waals surface area contributed by atoms with Crippen LogP contribution in [0.2, 0.25) is 5.02 Å². The Hall–Kier alpha value is -2.74. The smallest absolute Gasteiger partial charge is 0.332 e. The van der Waals surface area contributed by atoms with Crippen LogP contribution in [0.5, 0.6) is 11.8 Å². The van der Waals surface area contributed by atoms with Gasteiger partial charge in [0.1, 0.15) is 12.4 Å². The summed E-state index contributed by atoms with van der Waals surface area (Å²) in [4.78, 5) is 28.7. The largest absolute Gasteiger partial charge is 0.490 e. The first-order valence-corrected chi connectivity index (χ1v) is 8.05. The predicted molar refractivity (Wildman–Crippen MR) is 91.6 cm³/mol. The Labute approximate surface area is 146 Å². The van der Waals surface area contributed by atoms with Gasteiger partial charge in [-0.25, -0.2) is 4.79 Å². The van der Waals surface area contributed by atoms with Gasteiger partial charge < -0.3 is 9.47 Å². The molecule has 1 aliphatic rings. The molecule has 9 heteroatoms. The Morgan fingerprint density at radius 3 is 2.68 bits per heavy atom. The number of rotatable bonds is 3. The Morgan fingerprint density at radius 1 is 1.24 bits per heavy atom. The minimum atomic E-state index is -0.420. The zero-order valence-corrected chi connectivity index (χ0v) is 14.4. The lowest BCUT2D eigenvalue weighted by molar-refractivity contribution is 0.144. The third-order valence-electron chi connectivity index (χ3n) is 4.22. The van der Waals surface area contributed by atoms with E-state index in [0.717, 1.165) is 4.57 Å². The molecule has 130 valence electrons. The Kier molecular flexibility index (Phi) is 3.57. The minimum absolute atomic E-state index is 0.274. The van der Waals surface area contributed by atoms with E-state index in [1.807, 2.05) is 0 Å². The summed E-state index contributed by atoms with van der Waals surface area (Å²) < 4.78 is 15.5. The molecule has 0 spiro atoms. The molecule has 25 heavy (non-hydrogen) atoms. The van der Waals surface area contributed by atoms with E-state index in [2.05, 4.69) is 4.98 Å². The number of fused-ring (bicyclic) bond motifs is 3. The summed E-state index contributed by atoms with van der Waals surface area (Å²) >= 11 is 5.84. The van der Waals surface area contributed by atoms with Crippen molar-refractivity contribution in [3.63, 3.8) is 0 Å². The molecule has 4 rings (SSSR count). The van der Waals surface area contributed by atoms with E-state index in [1.165, 1.54) is 11.6 Å². The van der Waals surface area contributed by atoms with Gasteiger partial charge in [-0.1, -0.05) is 11.6 Å². The molecule has 8 nitrogen and oxygen atoms in total. The maximum atomic E-state index is 12.4. The second-order valence-electron chi connectivity index (χ2n) is 5.89. The van der Waals surface area contributed by atoms with Crippen molar-refractivity contribution >= 4 is 22.8 Å². The molecule has 0 unspecified atom stereocenters. The van der Waals surface area contributed by atoms with Gasteiger partial charge >= 0.3 is 5.69 Å². The van der Waals surface area contributed by atoms with Gasteiger partial charge in [0.2, 0.25) is 0 Å². The Morgan fingerprint density at radius 2 is 1.96 bits per heavy atom. The average Bonchev–Trinajstić information content (AvgIpc) is 3.15. The highest BCUT2D eigenvalue weighted by molar-refractivity contribution is 6.30. The molecule has 0 amide bonds. The molecule has 1 aliphatic heterocycles. The third-order valence-corrected chi connectivity index (χ3v) is 4.47. The first-order chi connectivity index (χ1) is 12.0. The second kappa shape index (κ2) is 5.66. The number of aryl methyl sites for hydroxylation is 1. The third kappa shape index (κ3) is 2.49. The van der Waals surface area contributed by atoms with Gasteiger partial charge in [-0.3, -0.25) is 18.5 Å². The van der Waals surface area contributed by atoms with Crippen LogP contribution < -0.4 is 20.7 Å². The highest BCUT2D eigenvalue weighted by Crippen LogP contribution is 2.26. The SMILES string of the molecule is Cn1c(=O)c2c(nc3n2C[C@@H](COc2ccc(Cl)cc2)O3)n(C)c1=O. The van der Waals surface area contributed by atoms with Crippen molar-refractivity contribution in [3.05, 3.63) is 50.1 Å². The molecule has 1 aromatic carbocycles. The van der Waals surface area contributed by atoms with E-state index >= 15 is 0 Å². The van der Waals surface area contributed by atoms with Crippen LogP contribution in [0, 0.1) is 0 Å². The number of aromatic nitrogens is 4. The first-order valence-electron chi connectivity index (χ1n) is 7.67. The number of nitrogens with zero attached hydrogens (tertiary/aromatic N) is 4. The van der Waals surface area contributed by atoms with Crippen molar-refractivity contribution in [2.45, 2.75) is 12.6 Å². The number of halogens is 1. The van der Waals surface area contributed by atoms with Crippen molar-refractivity contribution in [3.8, 4) is 11.8 Å². The molecule has 0 bridgehead atoms. The molecule has 2 aromatic heterocycles. The molecule has 1 atom stereocenters. The van der Waals surface area contributed by atoms with Crippen molar-refractivity contribution in [1.29, 1.82) is 0 Å². The normalized spacial score (nSPS) is 16.0. The summed E-state index contributed by atoms with van der Waals surface area (Å²) in [6.07, 6.45) is -0.274. The fraction of sp³-hybridized carbons (Fsp3) is 0.312. The summed E-state index contributed by atoms with van der Waals surface area (Å²) in [7, 11) is 3.02. The lowest BCUT2D eigenvalue weighted by atomic mass is 10.3. The van der Waals surface area contributed by atoms with E-state index in [9.17, 15) is 9.59 Å². The number of benzene rings is 1. The molecule has 0 radical (unpaired) electrons. The molecule has 0 saturated carbocycles. The molecule has 0 fully saturated rings. The maximum Gasteiger partial charge on any atom is 0.332 e. The molecular formula is C16H15ClN4O4. The Balaban J connectivity index is 1.60. The van der Waals surface area contributed by atoms with E-state index < -0.39 is 5.69 Å². The van der Waals surface area contributed by atoms with Gasteiger partial charge in [0.25, 0.3) is 11.6 Å². The van der Waals surface area contributed by atoms with Gasteiger partial charge in [-0.2, -0.15) is 4.98 Å². The van der Waals surface area contributed by atoms with Crippen LogP contribution >= 0.6 is 11.6 Å². The second-order valence-corrected chi connectivity index (χ2v) is 6.32. The van der Waals surface area contributed by atoms with Crippen LogP contribution in [0.4, 0.5) is 0 Å². The van der Waals surface area contributed by atoms with Crippen molar-refractivity contribution in [2.75, 3.05) is 6.61 Å². The van der Waals surface area contributed by atoms with Crippen molar-refractivity contribution < 1.29 is 9.47 Å². The van der Waals surface area contributed by atoms with E-state index in [4.69, 9.17) is 21.1 Å². The number of ether oxygens (including phenoxy) is 2. The van der Waals surface area contributed by atoms with E-state index in [1.54, 1.807) is 35.9 Å². The van der Waals surface area contributed by atoms with E-state index in [-0.39, 0.29) is 11.7 Å². The first kappa shape index (κ1) is 15.8. The summed E-state index contributed by atoms with van der Waals surface area (Å²) in [5.74, 6) is 0.681. The molecule has 3 aromatic rings. The summed E-state index contributed by atoms with van der Waals surface area (Å²) in [6, 6.07) is 7.36. The zero-order valence-electron chi connectivity index (χ0n) is 13.6. The van der Waals surface area contributed by atoms with Crippen LogP contribution in [0.1, 0.15) is 0 Å². The molecule has 3 heterocycles. The Bertz CT molecular complexity index is 1080. The zero-order chi connectivity index (χ0) is 17.7. The summed E-state index contributed by atoms with van der Waals surface area (Å²) in [5, 5.41) is 0.637.